The smallest absolute Gasteiger partial charge is 0.200 e. The third-order valence-electron chi connectivity index (χ3n) is 5.99. The monoisotopic (exact) mass is 423 g/mol. The van der Waals surface area contributed by atoms with Crippen LogP contribution in [0, 0.1) is 35.0 Å². The fraction of sp³-hybridized carbons (Fsp3) is 0.727. The van der Waals surface area contributed by atoms with E-state index in [9.17, 15) is 22.0 Å². The van der Waals surface area contributed by atoms with Crippen LogP contribution in [0.15, 0.2) is 0 Å². The number of nitrogens with one attached hydrogen (secondary N) is 1. The number of anilines is 1. The van der Waals surface area contributed by atoms with E-state index in [1.165, 1.54) is 12.8 Å². The second-order valence-electron chi connectivity index (χ2n) is 7.56. The van der Waals surface area contributed by atoms with E-state index in [2.05, 4.69) is 12.2 Å². The lowest BCUT2D eigenvalue weighted by atomic mass is 9.79. The maximum Gasteiger partial charge on any atom is 0.200 e. The zero-order chi connectivity index (χ0) is 22.0. The van der Waals surface area contributed by atoms with Crippen LogP contribution in [-0.2, 0) is 4.74 Å². The summed E-state index contributed by atoms with van der Waals surface area (Å²) in [7, 11) is 1.60. The third kappa shape index (κ3) is 6.30. The lowest BCUT2D eigenvalue weighted by molar-refractivity contribution is -0.0638. The van der Waals surface area contributed by atoms with Gasteiger partial charge >= 0.3 is 0 Å². The van der Waals surface area contributed by atoms with E-state index < -0.39 is 40.4 Å². The van der Waals surface area contributed by atoms with Crippen molar-refractivity contribution in [2.45, 2.75) is 84.2 Å². The molecule has 29 heavy (non-hydrogen) atoms. The number of rotatable bonds is 14. The highest BCUT2D eigenvalue weighted by Gasteiger charge is 2.36. The molecular weight excluding hydrogens is 389 g/mol. The maximum atomic E-state index is 14.0. The molecule has 0 radical (unpaired) electrons. The number of hydrogen-bond donors (Lipinski definition) is 1. The first-order valence-electron chi connectivity index (χ1n) is 10.6. The van der Waals surface area contributed by atoms with Crippen LogP contribution in [0.4, 0.5) is 27.6 Å². The van der Waals surface area contributed by atoms with Gasteiger partial charge in [0.2, 0.25) is 5.82 Å². The summed E-state index contributed by atoms with van der Waals surface area (Å²) >= 11 is 0. The molecule has 0 bridgehead atoms. The van der Waals surface area contributed by atoms with Crippen molar-refractivity contribution < 1.29 is 26.7 Å². The van der Waals surface area contributed by atoms with Crippen molar-refractivity contribution in [1.29, 1.82) is 0 Å². The van der Waals surface area contributed by atoms with E-state index >= 15 is 0 Å². The Labute approximate surface area is 171 Å². The van der Waals surface area contributed by atoms with Crippen LogP contribution >= 0.6 is 0 Å². The number of hydrogen-bond acceptors (Lipinski definition) is 2. The molecule has 0 saturated heterocycles. The van der Waals surface area contributed by atoms with E-state index in [4.69, 9.17) is 4.74 Å². The van der Waals surface area contributed by atoms with Crippen molar-refractivity contribution >= 4 is 5.69 Å². The molecule has 1 unspecified atom stereocenters. The molecule has 0 saturated carbocycles. The molecule has 0 aromatic heterocycles. The van der Waals surface area contributed by atoms with Crippen LogP contribution in [0.25, 0.3) is 0 Å². The SMILES string of the molecule is CCCCCCCCC(CNc1c(F)c(F)c(F)c(F)c1F)C(CC)(CC)OC. The van der Waals surface area contributed by atoms with E-state index in [0.717, 1.165) is 32.1 Å². The van der Waals surface area contributed by atoms with Gasteiger partial charge in [-0.25, -0.2) is 22.0 Å². The summed E-state index contributed by atoms with van der Waals surface area (Å²) in [5, 5.41) is 2.48. The summed E-state index contributed by atoms with van der Waals surface area (Å²) in [6.45, 7) is 6.15. The van der Waals surface area contributed by atoms with Gasteiger partial charge in [0.05, 0.1) is 5.60 Å². The zero-order valence-electron chi connectivity index (χ0n) is 17.9. The summed E-state index contributed by atoms with van der Waals surface area (Å²) in [6, 6.07) is 0. The van der Waals surface area contributed by atoms with Crippen molar-refractivity contribution in [2.75, 3.05) is 19.0 Å². The van der Waals surface area contributed by atoms with E-state index in [1.54, 1.807) is 7.11 Å². The molecule has 0 aliphatic rings. The molecule has 0 amide bonds. The zero-order valence-corrected chi connectivity index (χ0v) is 17.9. The van der Waals surface area contributed by atoms with E-state index in [-0.39, 0.29) is 12.5 Å². The van der Waals surface area contributed by atoms with E-state index in [0.29, 0.717) is 12.8 Å². The summed E-state index contributed by atoms with van der Waals surface area (Å²) < 4.78 is 74.0. The average molecular weight is 424 g/mol. The standard InChI is InChI=1S/C22H34F5NO/c1-5-8-9-10-11-12-13-15(22(6-2,7-3)29-4)14-28-21-19(26)17(24)16(23)18(25)20(21)27/h15,28H,5-14H2,1-4H3. The third-order valence-corrected chi connectivity index (χ3v) is 5.99. The Morgan fingerprint density at radius 2 is 1.24 bits per heavy atom. The number of benzene rings is 1. The van der Waals surface area contributed by atoms with Crippen LogP contribution in [-0.4, -0.2) is 19.3 Å². The lowest BCUT2D eigenvalue weighted by Gasteiger charge is -2.39. The van der Waals surface area contributed by atoms with Crippen molar-refractivity contribution in [3.8, 4) is 0 Å². The van der Waals surface area contributed by atoms with Gasteiger partial charge in [0.25, 0.3) is 0 Å². The summed E-state index contributed by atoms with van der Waals surface area (Å²) in [5.41, 5.74) is -1.51. The Bertz CT molecular complexity index is 597. The van der Waals surface area contributed by atoms with Crippen LogP contribution in [0.5, 0.6) is 0 Å². The Balaban J connectivity index is 2.95. The predicted molar refractivity (Wildman–Crippen MR) is 107 cm³/mol. The number of methoxy groups -OCH3 is 1. The molecule has 1 rings (SSSR count). The normalized spacial score (nSPS) is 13.0. The maximum absolute atomic E-state index is 14.0. The minimum Gasteiger partial charge on any atom is -0.380 e. The number of halogens is 5. The van der Waals surface area contributed by atoms with Crippen molar-refractivity contribution in [3.63, 3.8) is 0 Å². The van der Waals surface area contributed by atoms with Crippen LogP contribution in [0.1, 0.15) is 78.6 Å². The summed E-state index contributed by atoms with van der Waals surface area (Å²) in [5.74, 6) is -9.84. The van der Waals surface area contributed by atoms with Gasteiger partial charge in [-0.1, -0.05) is 59.3 Å². The van der Waals surface area contributed by atoms with Crippen molar-refractivity contribution in [2.24, 2.45) is 5.92 Å². The molecule has 168 valence electrons. The van der Waals surface area contributed by atoms with Crippen molar-refractivity contribution in [3.05, 3.63) is 29.1 Å². The molecule has 1 aromatic rings. The molecule has 0 aliphatic carbocycles. The molecule has 0 fully saturated rings. The average Bonchev–Trinajstić information content (AvgIpc) is 2.74. The fourth-order valence-electron chi connectivity index (χ4n) is 3.99. The minimum atomic E-state index is -2.15. The molecule has 1 N–H and O–H groups in total. The molecule has 0 spiro atoms. The van der Waals surface area contributed by atoms with Crippen molar-refractivity contribution in [1.82, 2.24) is 0 Å². The molecular formula is C22H34F5NO. The van der Waals surface area contributed by atoms with Gasteiger partial charge in [-0.15, -0.1) is 0 Å². The quantitative estimate of drug-likeness (QED) is 0.146. The molecule has 1 atom stereocenters. The molecule has 2 nitrogen and oxygen atoms in total. The van der Waals surface area contributed by atoms with Gasteiger partial charge in [0.15, 0.2) is 23.3 Å². The predicted octanol–water partition coefficient (Wildman–Crippen LogP) is 7.37. The van der Waals surface area contributed by atoms with Crippen LogP contribution in [0.3, 0.4) is 0 Å². The lowest BCUT2D eigenvalue weighted by Crippen LogP contribution is -2.42. The second-order valence-corrected chi connectivity index (χ2v) is 7.56. The fourth-order valence-corrected chi connectivity index (χ4v) is 3.99. The number of ether oxygens (including phenoxy) is 1. The van der Waals surface area contributed by atoms with Gasteiger partial charge in [-0.3, -0.25) is 0 Å². The Kier molecular flexibility index (Phi) is 10.9. The first kappa shape index (κ1) is 25.7. The van der Waals surface area contributed by atoms with E-state index in [1.807, 2.05) is 13.8 Å². The van der Waals surface area contributed by atoms with Gasteiger partial charge in [0, 0.05) is 19.6 Å². The highest BCUT2D eigenvalue weighted by molar-refractivity contribution is 5.47. The van der Waals surface area contributed by atoms with Gasteiger partial charge < -0.3 is 10.1 Å². The van der Waals surface area contributed by atoms with Gasteiger partial charge in [-0.2, -0.15) is 0 Å². The highest BCUT2D eigenvalue weighted by atomic mass is 19.2. The topological polar surface area (TPSA) is 21.3 Å². The Hall–Kier alpha value is -1.37. The summed E-state index contributed by atoms with van der Waals surface area (Å²) in [4.78, 5) is 0. The largest absolute Gasteiger partial charge is 0.380 e. The second kappa shape index (κ2) is 12.4. The minimum absolute atomic E-state index is 0.0584. The Morgan fingerprint density at radius 3 is 1.72 bits per heavy atom. The molecule has 1 aromatic carbocycles. The van der Waals surface area contributed by atoms with Gasteiger partial charge in [0.1, 0.15) is 5.69 Å². The molecule has 0 aliphatic heterocycles. The van der Waals surface area contributed by atoms with Gasteiger partial charge in [-0.05, 0) is 19.3 Å². The van der Waals surface area contributed by atoms with Crippen LogP contribution < -0.4 is 5.32 Å². The highest BCUT2D eigenvalue weighted by Crippen LogP contribution is 2.34. The Morgan fingerprint density at radius 1 is 0.759 bits per heavy atom. The molecule has 7 heteroatoms. The first-order valence-corrected chi connectivity index (χ1v) is 10.6. The first-order chi connectivity index (χ1) is 13.8. The summed E-state index contributed by atoms with van der Waals surface area (Å²) in [6.07, 6.45) is 8.68. The number of unbranched alkanes of at least 4 members (excludes halogenated alkanes) is 5. The molecule has 0 heterocycles. The van der Waals surface area contributed by atoms with Crippen LogP contribution in [0.2, 0.25) is 0 Å².